The summed E-state index contributed by atoms with van der Waals surface area (Å²) in [7, 11) is 0. The Balaban J connectivity index is 1.37. The zero-order valence-corrected chi connectivity index (χ0v) is 17.8. The Hall–Kier alpha value is -4.39. The van der Waals surface area contributed by atoms with Crippen molar-refractivity contribution >= 4 is 12.0 Å². The fourth-order valence-electron chi connectivity index (χ4n) is 3.46. The van der Waals surface area contributed by atoms with Crippen LogP contribution in [0.15, 0.2) is 35.0 Å². The molecule has 13 heteroatoms. The van der Waals surface area contributed by atoms with Gasteiger partial charge >= 0.3 is 18.1 Å². The highest BCUT2D eigenvalue weighted by Crippen LogP contribution is 2.30. The predicted molar refractivity (Wildman–Crippen MR) is 111 cm³/mol. The Bertz CT molecular complexity index is 1250. The van der Waals surface area contributed by atoms with Gasteiger partial charge in [-0.05, 0) is 19.1 Å². The summed E-state index contributed by atoms with van der Waals surface area (Å²) in [4.78, 5) is 12.2. The number of piperazine rings is 1. The Labute approximate surface area is 191 Å². The van der Waals surface area contributed by atoms with Crippen molar-refractivity contribution < 1.29 is 22.3 Å². The Morgan fingerprint density at radius 3 is 2.53 bits per heavy atom. The minimum Gasteiger partial charge on any atom is -0.486 e. The van der Waals surface area contributed by atoms with Crippen molar-refractivity contribution in [3.05, 3.63) is 53.2 Å². The SMILES string of the molecule is C[C@@H]1CN(c2nnc(C(F)(F)F)o2)CCN1c1ncc(OCc2ccc(C#N)cc2C#N)cn1. The second-order valence-corrected chi connectivity index (χ2v) is 7.48. The van der Waals surface area contributed by atoms with Crippen molar-refractivity contribution in [2.45, 2.75) is 25.7 Å². The van der Waals surface area contributed by atoms with Gasteiger partial charge in [-0.15, -0.1) is 5.10 Å². The minimum absolute atomic E-state index is 0.108. The quantitative estimate of drug-likeness (QED) is 0.549. The number of hydrogen-bond donors (Lipinski definition) is 0. The Kier molecular flexibility index (Phi) is 6.19. The van der Waals surface area contributed by atoms with Crippen molar-refractivity contribution in [2.24, 2.45) is 0 Å². The summed E-state index contributed by atoms with van der Waals surface area (Å²) in [6.45, 7) is 3.12. The Morgan fingerprint density at radius 1 is 1.15 bits per heavy atom. The third kappa shape index (κ3) is 4.83. The highest BCUT2D eigenvalue weighted by Gasteiger charge is 2.39. The van der Waals surface area contributed by atoms with Crippen LogP contribution in [0.2, 0.25) is 0 Å². The smallest absolute Gasteiger partial charge is 0.470 e. The molecule has 1 aliphatic rings. The van der Waals surface area contributed by atoms with Gasteiger partial charge in [0.15, 0.2) is 5.75 Å². The maximum Gasteiger partial charge on any atom is 0.470 e. The normalized spacial score (nSPS) is 16.1. The number of nitrogens with zero attached hydrogens (tertiary/aromatic N) is 8. The lowest BCUT2D eigenvalue weighted by molar-refractivity contribution is -0.157. The van der Waals surface area contributed by atoms with Crippen LogP contribution >= 0.6 is 0 Å². The maximum atomic E-state index is 12.7. The second kappa shape index (κ2) is 9.23. The van der Waals surface area contributed by atoms with Gasteiger partial charge in [0, 0.05) is 31.2 Å². The largest absolute Gasteiger partial charge is 0.486 e. The van der Waals surface area contributed by atoms with Gasteiger partial charge in [-0.2, -0.15) is 23.7 Å². The van der Waals surface area contributed by atoms with E-state index in [9.17, 15) is 18.4 Å². The molecule has 1 aliphatic heterocycles. The summed E-state index contributed by atoms with van der Waals surface area (Å²) in [6.07, 6.45) is -1.68. The standard InChI is InChI=1S/C21H17F3N8O2/c1-13-11-31(20-30-29-18(34-20)21(22,23)24)4-5-32(13)19-27-9-17(10-28-19)33-12-15-3-2-14(7-25)6-16(15)8-26/h2-3,6,9-10,13H,4-5,11-12H2,1H3/t13-/m1/s1. The fourth-order valence-corrected chi connectivity index (χ4v) is 3.46. The number of alkyl halides is 3. The van der Waals surface area contributed by atoms with Crippen molar-refractivity contribution in [1.29, 1.82) is 10.5 Å². The van der Waals surface area contributed by atoms with E-state index in [4.69, 9.17) is 14.4 Å². The molecule has 0 radical (unpaired) electrons. The molecule has 1 aromatic carbocycles. The monoisotopic (exact) mass is 470 g/mol. The number of rotatable bonds is 5. The lowest BCUT2D eigenvalue weighted by Gasteiger charge is -2.38. The first-order chi connectivity index (χ1) is 16.3. The van der Waals surface area contributed by atoms with Gasteiger partial charge in [0.1, 0.15) is 6.61 Å². The maximum absolute atomic E-state index is 12.7. The van der Waals surface area contributed by atoms with E-state index in [0.29, 0.717) is 48.0 Å². The molecule has 174 valence electrons. The van der Waals surface area contributed by atoms with Crippen LogP contribution < -0.4 is 14.5 Å². The van der Waals surface area contributed by atoms with Crippen LogP contribution in [0.1, 0.15) is 29.5 Å². The molecule has 1 fully saturated rings. The summed E-state index contributed by atoms with van der Waals surface area (Å²) in [5.41, 5.74) is 1.37. The van der Waals surface area contributed by atoms with E-state index in [0.717, 1.165) is 0 Å². The third-order valence-corrected chi connectivity index (χ3v) is 5.18. The van der Waals surface area contributed by atoms with E-state index < -0.39 is 12.1 Å². The number of ether oxygens (including phenoxy) is 1. The first-order valence-corrected chi connectivity index (χ1v) is 10.1. The lowest BCUT2D eigenvalue weighted by Crippen LogP contribution is -2.52. The molecule has 1 atom stereocenters. The van der Waals surface area contributed by atoms with Gasteiger partial charge in [0.25, 0.3) is 0 Å². The average molecular weight is 470 g/mol. The number of halogens is 3. The third-order valence-electron chi connectivity index (χ3n) is 5.18. The first kappa shape index (κ1) is 22.8. The molecule has 0 aliphatic carbocycles. The highest BCUT2D eigenvalue weighted by molar-refractivity contribution is 5.44. The van der Waals surface area contributed by atoms with Crippen LogP contribution in [0.5, 0.6) is 5.75 Å². The van der Waals surface area contributed by atoms with Crippen LogP contribution in [0.4, 0.5) is 25.1 Å². The molecule has 0 amide bonds. The molecule has 3 aromatic rings. The zero-order valence-electron chi connectivity index (χ0n) is 17.8. The molecule has 2 aromatic heterocycles. The van der Waals surface area contributed by atoms with Crippen molar-refractivity contribution in [1.82, 2.24) is 20.2 Å². The fraction of sp³-hybridized carbons (Fsp3) is 0.333. The summed E-state index contributed by atoms with van der Waals surface area (Å²) < 4.78 is 48.6. The molecule has 10 nitrogen and oxygen atoms in total. The summed E-state index contributed by atoms with van der Waals surface area (Å²) in [5, 5.41) is 24.8. The van der Waals surface area contributed by atoms with Gasteiger partial charge in [0.2, 0.25) is 5.95 Å². The first-order valence-electron chi connectivity index (χ1n) is 10.1. The predicted octanol–water partition coefficient (Wildman–Crippen LogP) is 2.92. The van der Waals surface area contributed by atoms with Crippen LogP contribution in [-0.4, -0.2) is 45.8 Å². The molecule has 34 heavy (non-hydrogen) atoms. The topological polar surface area (TPSA) is 128 Å². The molecular formula is C21H17F3N8O2. The van der Waals surface area contributed by atoms with E-state index in [-0.39, 0.29) is 18.7 Å². The van der Waals surface area contributed by atoms with E-state index in [2.05, 4.69) is 20.2 Å². The van der Waals surface area contributed by atoms with Crippen LogP contribution in [0.3, 0.4) is 0 Å². The molecule has 0 unspecified atom stereocenters. The Morgan fingerprint density at radius 2 is 1.91 bits per heavy atom. The van der Waals surface area contributed by atoms with E-state index >= 15 is 0 Å². The molecule has 4 rings (SSSR count). The van der Waals surface area contributed by atoms with Crippen LogP contribution in [0.25, 0.3) is 0 Å². The van der Waals surface area contributed by atoms with Gasteiger partial charge in [-0.3, -0.25) is 0 Å². The minimum atomic E-state index is -4.69. The lowest BCUT2D eigenvalue weighted by atomic mass is 10.1. The van der Waals surface area contributed by atoms with Crippen molar-refractivity contribution in [2.75, 3.05) is 29.4 Å². The molecule has 0 spiro atoms. The molecule has 1 saturated heterocycles. The zero-order chi connectivity index (χ0) is 24.3. The highest BCUT2D eigenvalue weighted by atomic mass is 19.4. The van der Waals surface area contributed by atoms with Gasteiger partial charge in [-0.1, -0.05) is 11.2 Å². The number of hydrogen-bond acceptors (Lipinski definition) is 10. The molecule has 0 bridgehead atoms. The van der Waals surface area contributed by atoms with Crippen molar-refractivity contribution in [3.8, 4) is 17.9 Å². The van der Waals surface area contributed by atoms with Crippen LogP contribution in [-0.2, 0) is 12.8 Å². The number of anilines is 2. The number of nitriles is 2. The summed E-state index contributed by atoms with van der Waals surface area (Å²) in [6, 6.07) is 8.48. The number of benzene rings is 1. The average Bonchev–Trinajstić information content (AvgIpc) is 3.34. The van der Waals surface area contributed by atoms with Gasteiger partial charge in [0.05, 0.1) is 35.7 Å². The van der Waals surface area contributed by atoms with Crippen LogP contribution in [0, 0.1) is 22.7 Å². The van der Waals surface area contributed by atoms with Gasteiger partial charge < -0.3 is 19.0 Å². The van der Waals surface area contributed by atoms with Gasteiger partial charge in [-0.25, -0.2) is 9.97 Å². The molecule has 0 saturated carbocycles. The summed E-state index contributed by atoms with van der Waals surface area (Å²) >= 11 is 0. The van der Waals surface area contributed by atoms with E-state index in [1.165, 1.54) is 18.5 Å². The van der Waals surface area contributed by atoms with E-state index in [1.54, 1.807) is 17.0 Å². The molecular weight excluding hydrogens is 453 g/mol. The number of aromatic nitrogens is 4. The molecule has 0 N–H and O–H groups in total. The molecule has 3 heterocycles. The van der Waals surface area contributed by atoms with E-state index in [1.807, 2.05) is 24.0 Å². The summed E-state index contributed by atoms with van der Waals surface area (Å²) in [5.74, 6) is -0.537. The van der Waals surface area contributed by atoms with Crippen molar-refractivity contribution in [3.63, 3.8) is 0 Å². The second-order valence-electron chi connectivity index (χ2n) is 7.48.